The van der Waals surface area contributed by atoms with Gasteiger partial charge in [0, 0.05) is 12.2 Å². The number of rotatable bonds is 7. The van der Waals surface area contributed by atoms with Gasteiger partial charge in [-0.25, -0.2) is 4.79 Å². The number of carbonyl (C=O) groups is 4. The third-order valence-electron chi connectivity index (χ3n) is 5.28. The van der Waals surface area contributed by atoms with Crippen LogP contribution in [0.1, 0.15) is 39.0 Å². The summed E-state index contributed by atoms with van der Waals surface area (Å²) in [6.07, 6.45) is 1.84. The molecule has 0 radical (unpaired) electrons. The molecule has 1 aliphatic carbocycles. The molecule has 1 saturated heterocycles. The molecule has 1 aliphatic heterocycles. The van der Waals surface area contributed by atoms with Crippen molar-refractivity contribution < 1.29 is 28.7 Å². The Balaban J connectivity index is 1.46. The van der Waals surface area contributed by atoms with Crippen molar-refractivity contribution in [2.24, 2.45) is 0 Å². The first-order valence-corrected chi connectivity index (χ1v) is 9.63. The zero-order valence-corrected chi connectivity index (χ0v) is 16.5. The first kappa shape index (κ1) is 20.6. The number of hydrogen-bond acceptors (Lipinski definition) is 6. The van der Waals surface area contributed by atoms with E-state index in [1.54, 1.807) is 31.4 Å². The summed E-state index contributed by atoms with van der Waals surface area (Å²) in [6, 6.07) is 6.25. The molecule has 29 heavy (non-hydrogen) atoms. The maximum absolute atomic E-state index is 12.5. The second kappa shape index (κ2) is 8.50. The number of anilines is 1. The fourth-order valence-electron chi connectivity index (χ4n) is 3.63. The molecule has 156 valence electrons. The Morgan fingerprint density at radius 3 is 2.48 bits per heavy atom. The summed E-state index contributed by atoms with van der Waals surface area (Å²) in [5.74, 6) is -0.765. The molecule has 1 saturated carbocycles. The SMILES string of the molecule is COc1ccc(NC(=O)[C@H](C)OC(=O)CCN2C(=O)NC3(CCCC3)C2=O)cc1. The number of esters is 1. The molecule has 9 heteroatoms. The Morgan fingerprint density at radius 1 is 1.21 bits per heavy atom. The predicted molar refractivity (Wildman–Crippen MR) is 103 cm³/mol. The highest BCUT2D eigenvalue weighted by molar-refractivity contribution is 6.07. The van der Waals surface area contributed by atoms with Crippen molar-refractivity contribution in [3.8, 4) is 5.75 Å². The standard InChI is InChI=1S/C20H25N3O6/c1-13(17(25)21-14-5-7-15(28-2)8-6-14)29-16(24)9-12-23-18(26)20(22-19(23)27)10-3-4-11-20/h5-8,13H,3-4,9-12H2,1-2H3,(H,21,25)(H,22,27)/t13-/m0/s1. The molecular weight excluding hydrogens is 378 g/mol. The van der Waals surface area contributed by atoms with E-state index in [1.165, 1.54) is 6.92 Å². The van der Waals surface area contributed by atoms with E-state index in [0.717, 1.165) is 17.7 Å². The molecule has 1 spiro atoms. The van der Waals surface area contributed by atoms with Gasteiger partial charge in [-0.1, -0.05) is 12.8 Å². The predicted octanol–water partition coefficient (Wildman–Crippen LogP) is 1.82. The van der Waals surface area contributed by atoms with Gasteiger partial charge in [-0.3, -0.25) is 19.3 Å². The normalized spacial score (nSPS) is 18.5. The fraction of sp³-hybridized carbons (Fsp3) is 0.500. The first-order valence-electron chi connectivity index (χ1n) is 9.63. The number of carbonyl (C=O) groups excluding carboxylic acids is 4. The van der Waals surface area contributed by atoms with Crippen LogP contribution in [0.2, 0.25) is 0 Å². The van der Waals surface area contributed by atoms with E-state index in [-0.39, 0.29) is 18.9 Å². The number of amides is 4. The number of nitrogens with one attached hydrogen (secondary N) is 2. The van der Waals surface area contributed by atoms with Crippen molar-refractivity contribution in [1.29, 1.82) is 0 Å². The first-order chi connectivity index (χ1) is 13.8. The van der Waals surface area contributed by atoms with Crippen LogP contribution in [0.15, 0.2) is 24.3 Å². The van der Waals surface area contributed by atoms with Gasteiger partial charge in [0.25, 0.3) is 11.8 Å². The topological polar surface area (TPSA) is 114 Å². The molecule has 3 rings (SSSR count). The Bertz CT molecular complexity index is 801. The number of imide groups is 1. The lowest BCUT2D eigenvalue weighted by Gasteiger charge is -2.20. The van der Waals surface area contributed by atoms with Gasteiger partial charge in [-0.2, -0.15) is 0 Å². The van der Waals surface area contributed by atoms with Gasteiger partial charge >= 0.3 is 12.0 Å². The highest BCUT2D eigenvalue weighted by atomic mass is 16.5. The maximum atomic E-state index is 12.5. The van der Waals surface area contributed by atoms with Crippen LogP contribution in [0.4, 0.5) is 10.5 Å². The number of nitrogens with zero attached hydrogens (tertiary/aromatic N) is 1. The summed E-state index contributed by atoms with van der Waals surface area (Å²) in [7, 11) is 1.54. The Labute approximate surface area is 168 Å². The van der Waals surface area contributed by atoms with E-state index >= 15 is 0 Å². The van der Waals surface area contributed by atoms with Gasteiger partial charge in [0.1, 0.15) is 11.3 Å². The van der Waals surface area contributed by atoms with Gasteiger partial charge in [-0.05, 0) is 44.0 Å². The van der Waals surface area contributed by atoms with Crippen molar-refractivity contribution in [2.75, 3.05) is 19.0 Å². The molecule has 0 aromatic heterocycles. The third kappa shape index (κ3) is 4.49. The minimum Gasteiger partial charge on any atom is -0.497 e. The quantitative estimate of drug-likeness (QED) is 0.530. The molecule has 1 heterocycles. The molecule has 2 fully saturated rings. The van der Waals surface area contributed by atoms with Crippen LogP contribution < -0.4 is 15.4 Å². The van der Waals surface area contributed by atoms with E-state index in [1.807, 2.05) is 0 Å². The van der Waals surface area contributed by atoms with Gasteiger partial charge in [0.2, 0.25) is 0 Å². The van der Waals surface area contributed by atoms with E-state index in [0.29, 0.717) is 24.3 Å². The number of methoxy groups -OCH3 is 1. The minimum atomic E-state index is -1.02. The van der Waals surface area contributed by atoms with Crippen molar-refractivity contribution in [3.05, 3.63) is 24.3 Å². The summed E-state index contributed by atoms with van der Waals surface area (Å²) in [4.78, 5) is 50.0. The largest absolute Gasteiger partial charge is 0.497 e. The minimum absolute atomic E-state index is 0.0714. The lowest BCUT2D eigenvalue weighted by molar-refractivity contribution is -0.153. The van der Waals surface area contributed by atoms with Crippen molar-refractivity contribution in [1.82, 2.24) is 10.2 Å². The van der Waals surface area contributed by atoms with Gasteiger partial charge in [0.05, 0.1) is 13.5 Å². The van der Waals surface area contributed by atoms with Crippen LogP contribution in [0.5, 0.6) is 5.75 Å². The third-order valence-corrected chi connectivity index (χ3v) is 5.28. The average Bonchev–Trinajstić information content (AvgIpc) is 3.26. The van der Waals surface area contributed by atoms with E-state index in [2.05, 4.69) is 10.6 Å². The second-order valence-electron chi connectivity index (χ2n) is 7.28. The van der Waals surface area contributed by atoms with Crippen LogP contribution in [-0.2, 0) is 19.1 Å². The fourth-order valence-corrected chi connectivity index (χ4v) is 3.63. The van der Waals surface area contributed by atoms with E-state index < -0.39 is 29.6 Å². The Morgan fingerprint density at radius 2 is 1.86 bits per heavy atom. The van der Waals surface area contributed by atoms with Crippen LogP contribution in [0.25, 0.3) is 0 Å². The van der Waals surface area contributed by atoms with Crippen molar-refractivity contribution >= 4 is 29.5 Å². The maximum Gasteiger partial charge on any atom is 0.325 e. The summed E-state index contributed by atoms with van der Waals surface area (Å²) < 4.78 is 10.2. The second-order valence-corrected chi connectivity index (χ2v) is 7.28. The molecule has 0 bridgehead atoms. The molecule has 2 N–H and O–H groups in total. The number of urea groups is 1. The summed E-state index contributed by atoms with van der Waals surface area (Å²) in [5.41, 5.74) is -0.258. The van der Waals surface area contributed by atoms with Gasteiger partial charge in [0.15, 0.2) is 6.10 Å². The van der Waals surface area contributed by atoms with Crippen LogP contribution >= 0.6 is 0 Å². The number of hydrogen-bond donors (Lipinski definition) is 2. The molecule has 9 nitrogen and oxygen atoms in total. The van der Waals surface area contributed by atoms with Crippen molar-refractivity contribution in [2.45, 2.75) is 50.7 Å². The molecule has 0 unspecified atom stereocenters. The number of ether oxygens (including phenoxy) is 2. The van der Waals surface area contributed by atoms with E-state index in [4.69, 9.17) is 9.47 Å². The lowest BCUT2D eigenvalue weighted by atomic mass is 9.98. The molecule has 4 amide bonds. The summed E-state index contributed by atoms with van der Waals surface area (Å²) in [5, 5.41) is 5.40. The molecule has 2 aliphatic rings. The zero-order valence-electron chi connectivity index (χ0n) is 16.5. The molecular formula is C20H25N3O6. The smallest absolute Gasteiger partial charge is 0.325 e. The molecule has 1 aromatic carbocycles. The van der Waals surface area contributed by atoms with Crippen LogP contribution in [-0.4, -0.2) is 54.0 Å². The Hall–Kier alpha value is -3.10. The lowest BCUT2D eigenvalue weighted by Crippen LogP contribution is -2.44. The van der Waals surface area contributed by atoms with Crippen molar-refractivity contribution in [3.63, 3.8) is 0 Å². The zero-order chi connectivity index (χ0) is 21.0. The highest BCUT2D eigenvalue weighted by Crippen LogP contribution is 2.35. The molecule has 1 atom stereocenters. The number of benzene rings is 1. The Kier molecular flexibility index (Phi) is 6.05. The van der Waals surface area contributed by atoms with Crippen LogP contribution in [0, 0.1) is 0 Å². The molecule has 1 aromatic rings. The summed E-state index contributed by atoms with van der Waals surface area (Å²) in [6.45, 7) is 1.38. The monoisotopic (exact) mass is 403 g/mol. The van der Waals surface area contributed by atoms with Gasteiger partial charge < -0.3 is 20.1 Å². The van der Waals surface area contributed by atoms with Gasteiger partial charge in [-0.15, -0.1) is 0 Å². The highest BCUT2D eigenvalue weighted by Gasteiger charge is 2.52. The van der Waals surface area contributed by atoms with E-state index in [9.17, 15) is 19.2 Å². The summed E-state index contributed by atoms with van der Waals surface area (Å²) >= 11 is 0. The average molecular weight is 403 g/mol. The van der Waals surface area contributed by atoms with Crippen LogP contribution in [0.3, 0.4) is 0 Å².